The monoisotopic (exact) mass is 580 g/mol. The summed E-state index contributed by atoms with van der Waals surface area (Å²) in [6, 6.07) is 18.6. The molecule has 190 valence electrons. The summed E-state index contributed by atoms with van der Waals surface area (Å²) in [5.41, 5.74) is 2.46. The summed E-state index contributed by atoms with van der Waals surface area (Å²) in [5, 5.41) is 3.01. The van der Waals surface area contributed by atoms with Gasteiger partial charge < -0.3 is 19.5 Å². The summed E-state index contributed by atoms with van der Waals surface area (Å²) in [7, 11) is 1.60. The number of ether oxygens (including phenoxy) is 3. The van der Waals surface area contributed by atoms with Gasteiger partial charge in [0, 0.05) is 4.90 Å². The van der Waals surface area contributed by atoms with Gasteiger partial charge in [0.25, 0.3) is 5.91 Å². The van der Waals surface area contributed by atoms with Crippen molar-refractivity contribution in [1.29, 1.82) is 0 Å². The largest absolute Gasteiger partial charge is 0.496 e. The number of amides is 2. The second kappa shape index (κ2) is 10.9. The van der Waals surface area contributed by atoms with Crippen LogP contribution in [0.4, 0.5) is 5.69 Å². The van der Waals surface area contributed by atoms with Crippen LogP contribution in [0.25, 0.3) is 6.08 Å². The van der Waals surface area contributed by atoms with Gasteiger partial charge in [0.05, 0.1) is 28.2 Å². The molecule has 0 bridgehead atoms. The summed E-state index contributed by atoms with van der Waals surface area (Å²) in [4.78, 5) is 29.6. The van der Waals surface area contributed by atoms with Crippen molar-refractivity contribution in [3.05, 3.63) is 81.2 Å². The molecule has 1 N–H and O–H groups in total. The molecule has 37 heavy (non-hydrogen) atoms. The van der Waals surface area contributed by atoms with Crippen LogP contribution in [0.15, 0.2) is 74.9 Å². The van der Waals surface area contributed by atoms with Crippen molar-refractivity contribution in [2.24, 2.45) is 0 Å². The van der Waals surface area contributed by atoms with Crippen LogP contribution in [-0.4, -0.2) is 38.7 Å². The molecule has 0 spiro atoms. The topological polar surface area (TPSA) is 77.1 Å². The van der Waals surface area contributed by atoms with Crippen LogP contribution in [0, 0.1) is 0 Å². The Balaban J connectivity index is 1.35. The lowest BCUT2D eigenvalue weighted by Gasteiger charge is -2.30. The van der Waals surface area contributed by atoms with Crippen molar-refractivity contribution < 1.29 is 23.8 Å². The minimum Gasteiger partial charge on any atom is -0.496 e. The number of carbonyl (C=O) groups excluding carboxylic acids is 2. The highest BCUT2D eigenvalue weighted by molar-refractivity contribution is 9.10. The van der Waals surface area contributed by atoms with Gasteiger partial charge in [-0.3, -0.25) is 14.5 Å². The summed E-state index contributed by atoms with van der Waals surface area (Å²) in [6.07, 6.45) is 1.83. The molecule has 3 aromatic carbocycles. The van der Waals surface area contributed by atoms with Crippen LogP contribution in [0.1, 0.15) is 24.1 Å². The van der Waals surface area contributed by atoms with E-state index >= 15 is 0 Å². The number of methoxy groups -OCH3 is 1. The van der Waals surface area contributed by atoms with E-state index in [1.165, 1.54) is 16.7 Å². The van der Waals surface area contributed by atoms with E-state index in [1.54, 1.807) is 7.11 Å². The molecule has 2 aliphatic rings. The number of hydrogen-bond donors (Lipinski definition) is 1. The normalized spacial score (nSPS) is 16.2. The third-order valence-corrected chi connectivity index (χ3v) is 7.75. The highest BCUT2D eigenvalue weighted by Crippen LogP contribution is 2.42. The Kier molecular flexibility index (Phi) is 7.43. The van der Waals surface area contributed by atoms with Crippen molar-refractivity contribution >= 4 is 51.3 Å². The second-order valence-electron chi connectivity index (χ2n) is 8.56. The maximum absolute atomic E-state index is 13.5. The Labute approximate surface area is 227 Å². The van der Waals surface area contributed by atoms with Gasteiger partial charge in [0.15, 0.2) is 11.5 Å². The zero-order valence-corrected chi connectivity index (χ0v) is 22.7. The third kappa shape index (κ3) is 5.47. The zero-order chi connectivity index (χ0) is 25.9. The van der Waals surface area contributed by atoms with Gasteiger partial charge in [-0.05, 0) is 76.5 Å². The van der Waals surface area contributed by atoms with Crippen LogP contribution in [0.2, 0.25) is 0 Å². The minimum absolute atomic E-state index is 0.102. The molecule has 2 amide bonds. The maximum Gasteiger partial charge on any atom is 0.265 e. The molecule has 5 rings (SSSR count). The van der Waals surface area contributed by atoms with E-state index in [0.29, 0.717) is 41.1 Å². The van der Waals surface area contributed by atoms with Crippen molar-refractivity contribution in [2.45, 2.75) is 17.9 Å². The molecule has 2 aliphatic heterocycles. The van der Waals surface area contributed by atoms with Gasteiger partial charge in [0.2, 0.25) is 5.91 Å². The van der Waals surface area contributed by atoms with Gasteiger partial charge >= 0.3 is 0 Å². The molecule has 0 fully saturated rings. The van der Waals surface area contributed by atoms with E-state index < -0.39 is 0 Å². The quantitative estimate of drug-likeness (QED) is 0.383. The molecule has 0 aromatic heterocycles. The Morgan fingerprint density at radius 2 is 1.92 bits per heavy atom. The number of hydrogen-bond acceptors (Lipinski definition) is 6. The minimum atomic E-state index is -0.278. The van der Waals surface area contributed by atoms with E-state index in [2.05, 4.69) is 21.2 Å². The highest BCUT2D eigenvalue weighted by atomic mass is 79.9. The van der Waals surface area contributed by atoms with Gasteiger partial charge in [-0.2, -0.15) is 0 Å². The SMILES string of the molecule is COc1ccc(C=C2Sc3ccccc3N(CC(=O)NC(C)c3ccc4c(c3)OCCO4)C2=O)cc1Br. The molecule has 0 saturated carbocycles. The Hall–Kier alpha value is -3.43. The zero-order valence-electron chi connectivity index (χ0n) is 20.3. The molecule has 0 aliphatic carbocycles. The molecular weight excluding hydrogens is 556 g/mol. The lowest BCUT2D eigenvalue weighted by atomic mass is 10.1. The predicted octanol–water partition coefficient (Wildman–Crippen LogP) is 5.59. The summed E-state index contributed by atoms with van der Waals surface area (Å²) >= 11 is 4.89. The number of benzene rings is 3. The van der Waals surface area contributed by atoms with Gasteiger partial charge in [-0.25, -0.2) is 0 Å². The number of halogens is 1. The van der Waals surface area contributed by atoms with E-state index in [-0.39, 0.29) is 24.4 Å². The Morgan fingerprint density at radius 3 is 2.70 bits per heavy atom. The van der Waals surface area contributed by atoms with Crippen molar-refractivity contribution in [3.63, 3.8) is 0 Å². The Morgan fingerprint density at radius 1 is 1.14 bits per heavy atom. The van der Waals surface area contributed by atoms with Crippen LogP contribution < -0.4 is 24.4 Å². The second-order valence-corrected chi connectivity index (χ2v) is 10.5. The first-order valence-corrected chi connectivity index (χ1v) is 13.4. The average molecular weight is 581 g/mol. The van der Waals surface area contributed by atoms with Crippen LogP contribution in [0.5, 0.6) is 17.2 Å². The number of thioether (sulfide) groups is 1. The molecule has 3 aromatic rings. The molecule has 2 heterocycles. The predicted molar refractivity (Wildman–Crippen MR) is 147 cm³/mol. The first-order valence-electron chi connectivity index (χ1n) is 11.8. The van der Waals surface area contributed by atoms with Crippen molar-refractivity contribution in [3.8, 4) is 17.2 Å². The lowest BCUT2D eigenvalue weighted by Crippen LogP contribution is -2.43. The number of para-hydroxylation sites is 1. The van der Waals surface area contributed by atoms with E-state index in [9.17, 15) is 9.59 Å². The van der Waals surface area contributed by atoms with Gasteiger partial charge in [0.1, 0.15) is 25.5 Å². The van der Waals surface area contributed by atoms with E-state index in [1.807, 2.05) is 73.7 Å². The van der Waals surface area contributed by atoms with Crippen molar-refractivity contribution in [1.82, 2.24) is 5.32 Å². The fraction of sp³-hybridized carbons (Fsp3) is 0.214. The molecular formula is C28H25BrN2O5S. The fourth-order valence-corrected chi connectivity index (χ4v) is 5.80. The first-order chi connectivity index (χ1) is 17.9. The first kappa shape index (κ1) is 25.2. The van der Waals surface area contributed by atoms with E-state index in [0.717, 1.165) is 20.5 Å². The molecule has 1 atom stereocenters. The fourth-order valence-electron chi connectivity index (χ4n) is 4.19. The van der Waals surface area contributed by atoms with Crippen LogP contribution in [-0.2, 0) is 9.59 Å². The number of nitrogens with one attached hydrogen (secondary N) is 1. The average Bonchev–Trinajstić information content (AvgIpc) is 2.90. The number of carbonyl (C=O) groups is 2. The van der Waals surface area contributed by atoms with Crippen LogP contribution >= 0.6 is 27.7 Å². The maximum atomic E-state index is 13.5. The summed E-state index contributed by atoms with van der Waals surface area (Å²) < 4.78 is 17.3. The summed E-state index contributed by atoms with van der Waals surface area (Å²) in [6.45, 7) is 2.82. The van der Waals surface area contributed by atoms with Gasteiger partial charge in [-0.1, -0.05) is 36.0 Å². The molecule has 1 unspecified atom stereocenters. The van der Waals surface area contributed by atoms with E-state index in [4.69, 9.17) is 14.2 Å². The lowest BCUT2D eigenvalue weighted by molar-refractivity contribution is -0.122. The number of fused-ring (bicyclic) bond motifs is 2. The molecule has 0 saturated heterocycles. The van der Waals surface area contributed by atoms with Gasteiger partial charge in [-0.15, -0.1) is 0 Å². The van der Waals surface area contributed by atoms with Crippen LogP contribution in [0.3, 0.4) is 0 Å². The number of anilines is 1. The number of nitrogens with zero attached hydrogens (tertiary/aromatic N) is 1. The van der Waals surface area contributed by atoms with Crippen molar-refractivity contribution in [2.75, 3.05) is 31.8 Å². The molecule has 7 nitrogen and oxygen atoms in total. The Bertz CT molecular complexity index is 1390. The smallest absolute Gasteiger partial charge is 0.265 e. The third-order valence-electron chi connectivity index (χ3n) is 6.05. The standard InChI is InChI=1S/C28H25BrN2O5S/c1-17(19-8-10-23-24(15-19)36-12-11-35-23)30-27(32)16-31-21-5-3-4-6-25(21)37-26(28(31)33)14-18-7-9-22(34-2)20(29)13-18/h3-10,13-15,17H,11-12,16H2,1-2H3,(H,30,32). The highest BCUT2D eigenvalue weighted by Gasteiger charge is 2.31. The summed E-state index contributed by atoms with van der Waals surface area (Å²) in [5.74, 6) is 1.59. The number of rotatable bonds is 6. The molecule has 0 radical (unpaired) electrons. The molecule has 9 heteroatoms.